The van der Waals surface area contributed by atoms with E-state index in [0.29, 0.717) is 5.56 Å². The smallest absolute Gasteiger partial charge is 0.334 e. The van der Waals surface area contributed by atoms with E-state index in [1.165, 1.54) is 25.2 Å². The number of carbonyl (C=O) groups excluding carboxylic acids is 1. The van der Waals surface area contributed by atoms with Gasteiger partial charge in [0.2, 0.25) is 10.0 Å². The van der Waals surface area contributed by atoms with Gasteiger partial charge >= 0.3 is 12.2 Å². The van der Waals surface area contributed by atoms with Crippen LogP contribution in [0.1, 0.15) is 5.56 Å². The molecule has 0 unspecified atom stereocenters. The van der Waals surface area contributed by atoms with Gasteiger partial charge in [-0.15, -0.1) is 0 Å². The van der Waals surface area contributed by atoms with Gasteiger partial charge in [0.05, 0.1) is 4.90 Å². The first-order valence-corrected chi connectivity index (χ1v) is 7.23. The Morgan fingerprint density at radius 2 is 1.90 bits per heavy atom. The predicted molar refractivity (Wildman–Crippen MR) is 69.0 cm³/mol. The van der Waals surface area contributed by atoms with Crippen molar-refractivity contribution < 1.29 is 26.4 Å². The number of hydrogen-bond acceptors (Lipinski definition) is 3. The summed E-state index contributed by atoms with van der Waals surface area (Å²) in [5.41, 5.74) is 0.438. The first-order chi connectivity index (χ1) is 9.64. The summed E-state index contributed by atoms with van der Waals surface area (Å²) in [7, 11) is -2.36. The molecule has 0 aliphatic rings. The largest absolute Gasteiger partial charge is 0.405 e. The minimum Gasteiger partial charge on any atom is -0.334 e. The zero-order chi connectivity index (χ0) is 16.1. The molecule has 0 heterocycles. The SMILES string of the molecule is CNS(=O)(=O)c1cccc(CNC(=O)NCC(F)(F)F)c1. The van der Waals surface area contributed by atoms with Crippen LogP contribution in [0.15, 0.2) is 29.2 Å². The van der Waals surface area contributed by atoms with Gasteiger partial charge in [-0.25, -0.2) is 17.9 Å². The minimum absolute atomic E-state index is 0.000000289. The number of benzene rings is 1. The molecule has 10 heteroatoms. The van der Waals surface area contributed by atoms with E-state index in [4.69, 9.17) is 0 Å². The van der Waals surface area contributed by atoms with Crippen molar-refractivity contribution >= 4 is 16.1 Å². The number of amides is 2. The van der Waals surface area contributed by atoms with Gasteiger partial charge in [-0.2, -0.15) is 13.2 Å². The molecule has 0 aliphatic carbocycles. The summed E-state index contributed by atoms with van der Waals surface area (Å²) < 4.78 is 60.9. The standard InChI is InChI=1S/C11H14F3N3O3S/c1-15-21(19,20)9-4-2-3-8(5-9)6-16-10(18)17-7-11(12,13)14/h2-5,15H,6-7H2,1H3,(H2,16,17,18). The molecule has 0 saturated heterocycles. The van der Waals surface area contributed by atoms with Crippen LogP contribution in [-0.2, 0) is 16.6 Å². The van der Waals surface area contributed by atoms with E-state index in [1.54, 1.807) is 11.4 Å². The lowest BCUT2D eigenvalue weighted by molar-refractivity contribution is -0.122. The molecule has 0 aromatic heterocycles. The maximum absolute atomic E-state index is 11.9. The topological polar surface area (TPSA) is 87.3 Å². The average molecular weight is 325 g/mol. The summed E-state index contributed by atoms with van der Waals surface area (Å²) in [4.78, 5) is 11.1. The summed E-state index contributed by atoms with van der Waals surface area (Å²) in [6.45, 7) is -1.54. The van der Waals surface area contributed by atoms with Crippen LogP contribution >= 0.6 is 0 Å². The molecule has 0 aliphatic heterocycles. The third kappa shape index (κ3) is 6.00. The van der Waals surface area contributed by atoms with E-state index in [0.717, 1.165) is 0 Å². The Morgan fingerprint density at radius 1 is 1.24 bits per heavy atom. The third-order valence-corrected chi connectivity index (χ3v) is 3.79. The lowest BCUT2D eigenvalue weighted by atomic mass is 10.2. The van der Waals surface area contributed by atoms with E-state index in [1.807, 2.05) is 0 Å². The predicted octanol–water partition coefficient (Wildman–Crippen LogP) is 0.956. The normalized spacial score (nSPS) is 12.0. The molecule has 118 valence electrons. The highest BCUT2D eigenvalue weighted by Gasteiger charge is 2.27. The van der Waals surface area contributed by atoms with E-state index in [9.17, 15) is 26.4 Å². The molecule has 0 radical (unpaired) electrons. The molecule has 21 heavy (non-hydrogen) atoms. The summed E-state index contributed by atoms with van der Waals surface area (Å²) in [5.74, 6) is 0. The Bertz CT molecular complexity index is 602. The molecular formula is C11H14F3N3O3S. The molecule has 0 fully saturated rings. The van der Waals surface area contributed by atoms with Crippen LogP contribution in [0.4, 0.5) is 18.0 Å². The summed E-state index contributed by atoms with van der Waals surface area (Å²) in [5, 5.41) is 3.85. The van der Waals surface area contributed by atoms with E-state index in [-0.39, 0.29) is 11.4 Å². The fourth-order valence-electron chi connectivity index (χ4n) is 1.37. The Hall–Kier alpha value is -1.81. The first kappa shape index (κ1) is 17.2. The number of rotatable bonds is 5. The number of carbonyl (C=O) groups is 1. The Balaban J connectivity index is 2.61. The number of sulfonamides is 1. The number of alkyl halides is 3. The molecule has 2 amide bonds. The van der Waals surface area contributed by atoms with Crippen molar-refractivity contribution in [2.75, 3.05) is 13.6 Å². The zero-order valence-electron chi connectivity index (χ0n) is 11.0. The van der Waals surface area contributed by atoms with Crippen molar-refractivity contribution in [2.45, 2.75) is 17.6 Å². The van der Waals surface area contributed by atoms with Gasteiger partial charge in [-0.1, -0.05) is 12.1 Å². The molecule has 1 rings (SSSR count). The Labute approximate surface area is 119 Å². The minimum atomic E-state index is -4.49. The second-order valence-corrected chi connectivity index (χ2v) is 5.89. The zero-order valence-corrected chi connectivity index (χ0v) is 11.8. The van der Waals surface area contributed by atoms with Gasteiger partial charge in [0.25, 0.3) is 0 Å². The van der Waals surface area contributed by atoms with Crippen molar-refractivity contribution in [3.63, 3.8) is 0 Å². The summed E-state index contributed by atoms with van der Waals surface area (Å²) >= 11 is 0. The second-order valence-electron chi connectivity index (χ2n) is 4.01. The van der Waals surface area contributed by atoms with Crippen molar-refractivity contribution in [1.29, 1.82) is 0 Å². The lowest BCUT2D eigenvalue weighted by Gasteiger charge is -2.10. The van der Waals surface area contributed by atoms with Crippen molar-refractivity contribution in [3.8, 4) is 0 Å². The van der Waals surface area contributed by atoms with Crippen molar-refractivity contribution in [2.24, 2.45) is 0 Å². The monoisotopic (exact) mass is 325 g/mol. The maximum atomic E-state index is 11.9. The number of urea groups is 1. The van der Waals surface area contributed by atoms with Crippen LogP contribution in [-0.4, -0.2) is 34.2 Å². The first-order valence-electron chi connectivity index (χ1n) is 5.75. The third-order valence-electron chi connectivity index (χ3n) is 2.38. The van der Waals surface area contributed by atoms with Gasteiger partial charge < -0.3 is 10.6 Å². The van der Waals surface area contributed by atoms with Crippen LogP contribution in [0.2, 0.25) is 0 Å². The Kier molecular flexibility index (Phi) is 5.55. The van der Waals surface area contributed by atoms with Gasteiger partial charge in [-0.3, -0.25) is 0 Å². The fraction of sp³-hybridized carbons (Fsp3) is 0.364. The summed E-state index contributed by atoms with van der Waals surface area (Å²) in [6, 6.07) is 4.69. The molecule has 0 saturated carbocycles. The van der Waals surface area contributed by atoms with Gasteiger partial charge in [0.15, 0.2) is 0 Å². The van der Waals surface area contributed by atoms with Crippen LogP contribution in [0, 0.1) is 0 Å². The van der Waals surface area contributed by atoms with E-state index >= 15 is 0 Å². The maximum Gasteiger partial charge on any atom is 0.405 e. The molecule has 0 spiro atoms. The van der Waals surface area contributed by atoms with Gasteiger partial charge in [0.1, 0.15) is 6.54 Å². The lowest BCUT2D eigenvalue weighted by Crippen LogP contribution is -2.40. The van der Waals surface area contributed by atoms with Gasteiger partial charge in [0, 0.05) is 6.54 Å². The molecule has 3 N–H and O–H groups in total. The second kappa shape index (κ2) is 6.76. The van der Waals surface area contributed by atoms with Crippen LogP contribution < -0.4 is 15.4 Å². The number of halogens is 3. The van der Waals surface area contributed by atoms with Crippen LogP contribution in [0.5, 0.6) is 0 Å². The van der Waals surface area contributed by atoms with E-state index < -0.39 is 28.8 Å². The Morgan fingerprint density at radius 3 is 2.48 bits per heavy atom. The molecule has 0 bridgehead atoms. The number of hydrogen-bond donors (Lipinski definition) is 3. The molecule has 0 atom stereocenters. The number of nitrogens with one attached hydrogen (secondary N) is 3. The highest BCUT2D eigenvalue weighted by atomic mass is 32.2. The van der Waals surface area contributed by atoms with Crippen LogP contribution in [0.25, 0.3) is 0 Å². The highest BCUT2D eigenvalue weighted by Crippen LogP contribution is 2.12. The highest BCUT2D eigenvalue weighted by molar-refractivity contribution is 7.89. The quantitative estimate of drug-likeness (QED) is 0.753. The molecule has 6 nitrogen and oxygen atoms in total. The van der Waals surface area contributed by atoms with Crippen molar-refractivity contribution in [3.05, 3.63) is 29.8 Å². The summed E-state index contributed by atoms with van der Waals surface area (Å²) in [6.07, 6.45) is -4.49. The molecular weight excluding hydrogens is 311 g/mol. The molecule has 1 aromatic rings. The van der Waals surface area contributed by atoms with E-state index in [2.05, 4.69) is 10.0 Å². The van der Waals surface area contributed by atoms with Crippen molar-refractivity contribution in [1.82, 2.24) is 15.4 Å². The average Bonchev–Trinajstić information content (AvgIpc) is 2.42. The van der Waals surface area contributed by atoms with Gasteiger partial charge in [-0.05, 0) is 24.7 Å². The fourth-order valence-corrected chi connectivity index (χ4v) is 2.17. The van der Waals surface area contributed by atoms with Crippen LogP contribution in [0.3, 0.4) is 0 Å². The molecule has 1 aromatic carbocycles.